The second-order valence-electron chi connectivity index (χ2n) is 4.20. The highest BCUT2D eigenvalue weighted by atomic mass is 35.5. The van der Waals surface area contributed by atoms with Gasteiger partial charge in [0.15, 0.2) is 0 Å². The summed E-state index contributed by atoms with van der Waals surface area (Å²) in [6.45, 7) is 8.97. The second kappa shape index (κ2) is 6.59. The Bertz CT molecular complexity index is 359. The van der Waals surface area contributed by atoms with Gasteiger partial charge in [-0.2, -0.15) is 15.0 Å². The molecule has 1 atom stereocenters. The van der Waals surface area contributed by atoms with Crippen molar-refractivity contribution in [3.8, 4) is 6.01 Å². The van der Waals surface area contributed by atoms with Gasteiger partial charge in [0, 0.05) is 6.54 Å². The molecule has 0 aliphatic rings. The Kier molecular flexibility index (Phi) is 5.41. The van der Waals surface area contributed by atoms with Crippen molar-refractivity contribution >= 4 is 17.5 Å². The van der Waals surface area contributed by atoms with Crippen LogP contribution in [0, 0.1) is 5.92 Å². The van der Waals surface area contributed by atoms with Gasteiger partial charge in [0.05, 0.1) is 0 Å². The van der Waals surface area contributed by atoms with Crippen molar-refractivity contribution in [2.24, 2.45) is 5.92 Å². The highest BCUT2D eigenvalue weighted by Gasteiger charge is 2.12. The maximum atomic E-state index is 5.81. The van der Waals surface area contributed by atoms with Gasteiger partial charge in [0.1, 0.15) is 6.10 Å². The summed E-state index contributed by atoms with van der Waals surface area (Å²) in [6, 6.07) is 0.268. The van der Waals surface area contributed by atoms with E-state index in [9.17, 15) is 0 Å². The third-order valence-corrected chi connectivity index (χ3v) is 2.52. The van der Waals surface area contributed by atoms with E-state index >= 15 is 0 Å². The van der Waals surface area contributed by atoms with Crippen molar-refractivity contribution < 1.29 is 4.74 Å². The van der Waals surface area contributed by atoms with Crippen molar-refractivity contribution in [2.45, 2.75) is 40.2 Å². The van der Waals surface area contributed by atoms with Crippen LogP contribution in [0.25, 0.3) is 0 Å². The summed E-state index contributed by atoms with van der Waals surface area (Å²) in [7, 11) is 0. The molecule has 96 valence electrons. The lowest BCUT2D eigenvalue weighted by Gasteiger charge is -2.16. The minimum absolute atomic E-state index is 0.0347. The molecule has 0 saturated heterocycles. The summed E-state index contributed by atoms with van der Waals surface area (Å²) >= 11 is 5.81. The predicted octanol–water partition coefficient (Wildman–Crippen LogP) is 2.77. The zero-order valence-electron chi connectivity index (χ0n) is 10.7. The number of nitrogens with zero attached hydrogens (tertiary/aromatic N) is 3. The van der Waals surface area contributed by atoms with Gasteiger partial charge in [-0.05, 0) is 30.9 Å². The molecule has 1 heterocycles. The molecule has 1 aromatic heterocycles. The fraction of sp³-hybridized carbons (Fsp3) is 0.727. The molecule has 0 aliphatic heterocycles. The lowest BCUT2D eigenvalue weighted by Crippen LogP contribution is -2.20. The van der Waals surface area contributed by atoms with Crippen LogP contribution in [0.4, 0.5) is 5.95 Å². The summed E-state index contributed by atoms with van der Waals surface area (Å²) in [5.41, 5.74) is 0. The highest BCUT2D eigenvalue weighted by Crippen LogP contribution is 2.15. The zero-order chi connectivity index (χ0) is 12.8. The number of rotatable bonds is 6. The van der Waals surface area contributed by atoms with Gasteiger partial charge in [-0.15, -0.1) is 0 Å². The van der Waals surface area contributed by atoms with Gasteiger partial charge in [0.25, 0.3) is 0 Å². The molecule has 0 aliphatic carbocycles. The first-order valence-electron chi connectivity index (χ1n) is 5.85. The lowest BCUT2D eigenvalue weighted by atomic mass is 10.1. The van der Waals surface area contributed by atoms with E-state index in [1.165, 1.54) is 0 Å². The molecule has 0 bridgehead atoms. The number of hydrogen-bond acceptors (Lipinski definition) is 5. The molecule has 1 aromatic rings. The van der Waals surface area contributed by atoms with Crippen molar-refractivity contribution in [1.29, 1.82) is 0 Å². The fourth-order valence-corrected chi connectivity index (χ4v) is 1.16. The molecule has 0 fully saturated rings. The Morgan fingerprint density at radius 2 is 1.94 bits per heavy atom. The van der Waals surface area contributed by atoms with E-state index in [0.717, 1.165) is 13.0 Å². The third kappa shape index (κ3) is 4.73. The van der Waals surface area contributed by atoms with Crippen molar-refractivity contribution in [1.82, 2.24) is 15.0 Å². The molecular weight excluding hydrogens is 240 g/mol. The summed E-state index contributed by atoms with van der Waals surface area (Å²) in [6.07, 6.45) is 1.02. The molecule has 0 spiro atoms. The Morgan fingerprint density at radius 3 is 2.53 bits per heavy atom. The van der Waals surface area contributed by atoms with Crippen LogP contribution in [0.5, 0.6) is 6.01 Å². The van der Waals surface area contributed by atoms with E-state index in [4.69, 9.17) is 16.3 Å². The van der Waals surface area contributed by atoms with Gasteiger partial charge < -0.3 is 10.1 Å². The van der Waals surface area contributed by atoms with Crippen molar-refractivity contribution in [2.75, 3.05) is 11.9 Å². The van der Waals surface area contributed by atoms with E-state index in [-0.39, 0.29) is 17.4 Å². The fourth-order valence-electron chi connectivity index (χ4n) is 1.00. The second-order valence-corrected chi connectivity index (χ2v) is 4.54. The first-order chi connectivity index (χ1) is 8.02. The van der Waals surface area contributed by atoms with E-state index in [2.05, 4.69) is 41.0 Å². The average Bonchev–Trinajstić information content (AvgIpc) is 2.25. The molecule has 0 amide bonds. The number of hydrogen-bond donors (Lipinski definition) is 1. The average molecular weight is 259 g/mol. The van der Waals surface area contributed by atoms with E-state index < -0.39 is 0 Å². The molecule has 0 saturated carbocycles. The van der Waals surface area contributed by atoms with Crippen molar-refractivity contribution in [3.05, 3.63) is 5.28 Å². The van der Waals surface area contributed by atoms with Crippen LogP contribution in [0.3, 0.4) is 0 Å². The molecule has 17 heavy (non-hydrogen) atoms. The Labute approximate surface area is 107 Å². The van der Waals surface area contributed by atoms with Crippen LogP contribution in [-0.4, -0.2) is 27.6 Å². The predicted molar refractivity (Wildman–Crippen MR) is 68.5 cm³/mol. The van der Waals surface area contributed by atoms with Crippen molar-refractivity contribution in [3.63, 3.8) is 0 Å². The number of anilines is 1. The van der Waals surface area contributed by atoms with Crippen LogP contribution in [-0.2, 0) is 0 Å². The SMILES string of the molecule is CCCNc1nc(Cl)nc(OC(C)C(C)C)n1. The summed E-state index contributed by atoms with van der Waals surface area (Å²) in [4.78, 5) is 12.1. The molecular formula is C11H19ClN4O. The van der Waals surface area contributed by atoms with Gasteiger partial charge in [-0.25, -0.2) is 0 Å². The zero-order valence-corrected chi connectivity index (χ0v) is 11.5. The smallest absolute Gasteiger partial charge is 0.322 e. The molecule has 5 nitrogen and oxygen atoms in total. The van der Waals surface area contributed by atoms with Gasteiger partial charge in [-0.1, -0.05) is 20.8 Å². The van der Waals surface area contributed by atoms with Crippen LogP contribution in [0.1, 0.15) is 34.1 Å². The largest absolute Gasteiger partial charge is 0.460 e. The van der Waals surface area contributed by atoms with Crippen LogP contribution in [0.2, 0.25) is 5.28 Å². The molecule has 0 radical (unpaired) electrons. The van der Waals surface area contributed by atoms with Crippen LogP contribution < -0.4 is 10.1 Å². The lowest BCUT2D eigenvalue weighted by molar-refractivity contribution is 0.155. The minimum atomic E-state index is 0.0347. The van der Waals surface area contributed by atoms with E-state index in [1.54, 1.807) is 0 Å². The normalized spacial score (nSPS) is 12.6. The number of halogens is 1. The van der Waals surface area contributed by atoms with Gasteiger partial charge in [0.2, 0.25) is 11.2 Å². The molecule has 1 N–H and O–H groups in total. The maximum absolute atomic E-state index is 5.81. The molecule has 0 aromatic carbocycles. The quantitative estimate of drug-likeness (QED) is 0.850. The Hall–Kier alpha value is -1.10. The van der Waals surface area contributed by atoms with Crippen LogP contribution >= 0.6 is 11.6 Å². The van der Waals surface area contributed by atoms with E-state index in [1.807, 2.05) is 6.92 Å². The first kappa shape index (κ1) is 14.0. The van der Waals surface area contributed by atoms with Gasteiger partial charge in [-0.3, -0.25) is 0 Å². The minimum Gasteiger partial charge on any atom is -0.460 e. The number of ether oxygens (including phenoxy) is 1. The number of aromatic nitrogens is 3. The standard InChI is InChI=1S/C11H19ClN4O/c1-5-6-13-10-14-9(12)15-11(16-10)17-8(4)7(2)3/h7-8H,5-6H2,1-4H3,(H,13,14,15,16). The molecule has 1 unspecified atom stereocenters. The van der Waals surface area contributed by atoms with Gasteiger partial charge >= 0.3 is 6.01 Å². The molecule has 6 heteroatoms. The molecule has 1 rings (SSSR count). The van der Waals surface area contributed by atoms with Crippen LogP contribution in [0.15, 0.2) is 0 Å². The summed E-state index contributed by atoms with van der Waals surface area (Å²) in [5, 5.41) is 3.19. The number of nitrogens with one attached hydrogen (secondary N) is 1. The topological polar surface area (TPSA) is 59.9 Å². The Morgan fingerprint density at radius 1 is 1.24 bits per heavy atom. The maximum Gasteiger partial charge on any atom is 0.322 e. The highest BCUT2D eigenvalue weighted by molar-refractivity contribution is 6.28. The first-order valence-corrected chi connectivity index (χ1v) is 6.22. The monoisotopic (exact) mass is 258 g/mol. The summed E-state index contributed by atoms with van der Waals surface area (Å²) < 4.78 is 5.59. The summed E-state index contributed by atoms with van der Waals surface area (Å²) in [5.74, 6) is 0.843. The van der Waals surface area contributed by atoms with E-state index in [0.29, 0.717) is 11.9 Å². The third-order valence-electron chi connectivity index (χ3n) is 2.35. The Balaban J connectivity index is 2.74.